The summed E-state index contributed by atoms with van der Waals surface area (Å²) in [7, 11) is 2.10. The highest BCUT2D eigenvalue weighted by Gasteiger charge is 2.18. The highest BCUT2D eigenvalue weighted by molar-refractivity contribution is 5.90. The molecule has 3 rings (SSSR count). The van der Waals surface area contributed by atoms with Gasteiger partial charge < -0.3 is 15.1 Å². The highest BCUT2D eigenvalue weighted by Crippen LogP contribution is 2.10. The van der Waals surface area contributed by atoms with E-state index in [4.69, 9.17) is 19.8 Å². The number of rotatable bonds is 5. The van der Waals surface area contributed by atoms with E-state index in [9.17, 15) is 9.59 Å². The van der Waals surface area contributed by atoms with Crippen molar-refractivity contribution < 1.29 is 24.6 Å². The summed E-state index contributed by atoms with van der Waals surface area (Å²) >= 11 is 0. The molecule has 4 N–H and O–H groups in total. The molecule has 13 nitrogen and oxygen atoms in total. The molecule has 1 fully saturated rings. The van der Waals surface area contributed by atoms with Gasteiger partial charge in [-0.3, -0.25) is 34.5 Å². The predicted molar refractivity (Wildman–Crippen MR) is 121 cm³/mol. The van der Waals surface area contributed by atoms with Crippen molar-refractivity contribution in [1.29, 1.82) is 0 Å². The van der Waals surface area contributed by atoms with Gasteiger partial charge in [0.25, 0.3) is 24.3 Å². The van der Waals surface area contributed by atoms with Crippen molar-refractivity contribution >= 4 is 30.6 Å². The van der Waals surface area contributed by atoms with E-state index in [0.29, 0.717) is 30.1 Å². The number of H-pyrrole nitrogens is 1. The van der Waals surface area contributed by atoms with Crippen LogP contribution in [0.3, 0.4) is 0 Å². The van der Waals surface area contributed by atoms with E-state index < -0.39 is 0 Å². The van der Waals surface area contributed by atoms with Gasteiger partial charge in [-0.2, -0.15) is 9.50 Å². The maximum Gasteiger partial charge on any atom is 0.290 e. The van der Waals surface area contributed by atoms with Gasteiger partial charge in [0, 0.05) is 18.7 Å². The fourth-order valence-electron chi connectivity index (χ4n) is 3.39. The van der Waals surface area contributed by atoms with Crippen LogP contribution in [0, 0.1) is 12.8 Å². The summed E-state index contributed by atoms with van der Waals surface area (Å²) in [6.45, 7) is 9.52. The summed E-state index contributed by atoms with van der Waals surface area (Å²) < 4.78 is 1.31. The Morgan fingerprint density at radius 3 is 2.39 bits per heavy atom. The first kappa shape index (κ1) is 27.7. The Kier molecular flexibility index (Phi) is 11.7. The average Bonchev–Trinajstić information content (AvgIpc) is 3.00. The minimum atomic E-state index is -0.250. The topological polar surface area (TPSA) is 173 Å². The number of fused-ring (bicyclic) bond motifs is 1. The zero-order valence-corrected chi connectivity index (χ0v) is 19.4. The fraction of sp³-hybridized carbons (Fsp3) is 0.600. The van der Waals surface area contributed by atoms with Crippen molar-refractivity contribution in [2.45, 2.75) is 33.6 Å². The maximum atomic E-state index is 12.7. The van der Waals surface area contributed by atoms with Gasteiger partial charge >= 0.3 is 0 Å². The van der Waals surface area contributed by atoms with E-state index in [1.807, 2.05) is 6.92 Å². The van der Waals surface area contributed by atoms with Crippen LogP contribution >= 0.6 is 0 Å². The van der Waals surface area contributed by atoms with Crippen molar-refractivity contribution in [3.05, 3.63) is 21.6 Å². The molecule has 0 aromatic carbocycles. The Bertz CT molecular complexity index is 966. The number of nitrogens with zero attached hydrogens (tertiary/aromatic N) is 5. The van der Waals surface area contributed by atoms with Crippen LogP contribution < -0.4 is 10.9 Å². The quantitative estimate of drug-likeness (QED) is 0.435. The molecular weight excluding hydrogens is 434 g/mol. The van der Waals surface area contributed by atoms with Crippen molar-refractivity contribution in [2.75, 3.05) is 45.1 Å². The molecule has 0 radical (unpaired) electrons. The first-order valence-electron chi connectivity index (χ1n) is 10.5. The van der Waals surface area contributed by atoms with Gasteiger partial charge in [0.2, 0.25) is 11.9 Å². The van der Waals surface area contributed by atoms with E-state index in [2.05, 4.69) is 51.1 Å². The third-order valence-electron chi connectivity index (χ3n) is 4.84. The molecule has 0 bridgehead atoms. The van der Waals surface area contributed by atoms with Crippen LogP contribution in [0.25, 0.3) is 5.78 Å². The second-order valence-corrected chi connectivity index (χ2v) is 7.98. The Balaban J connectivity index is 0.000000819. The lowest BCUT2D eigenvalue weighted by atomic mass is 10.0. The first-order valence-corrected chi connectivity index (χ1v) is 10.5. The molecule has 0 saturated carbocycles. The van der Waals surface area contributed by atoms with Gasteiger partial charge in [0.1, 0.15) is 0 Å². The number of nitrogens with one attached hydrogen (secondary N) is 2. The lowest BCUT2D eigenvalue weighted by Crippen LogP contribution is -2.36. The van der Waals surface area contributed by atoms with E-state index in [-0.39, 0.29) is 36.1 Å². The van der Waals surface area contributed by atoms with Gasteiger partial charge in [-0.15, -0.1) is 0 Å². The third kappa shape index (κ3) is 8.98. The number of carbonyl (C=O) groups excluding carboxylic acids is 1. The minimum absolute atomic E-state index is 0.147. The number of amides is 1. The highest BCUT2D eigenvalue weighted by atomic mass is 16.3. The number of aromatic nitrogens is 4. The number of carbonyl (C=O) groups is 3. The molecule has 0 atom stereocenters. The summed E-state index contributed by atoms with van der Waals surface area (Å²) in [5, 5.41) is 19.4. The van der Waals surface area contributed by atoms with E-state index in [1.165, 1.54) is 4.52 Å². The SMILES string of the molecule is Cc1nc2nc(NC(=O)CN3CCCN(C)CC3)[nH]n2c(=O)c1CC(C)C.O=CO.O=CO. The number of aryl methyl sites for hydroxylation is 1. The van der Waals surface area contributed by atoms with Crippen molar-refractivity contribution in [3.8, 4) is 0 Å². The number of aromatic amines is 1. The Morgan fingerprint density at radius 1 is 1.15 bits per heavy atom. The normalized spacial score (nSPS) is 14.5. The second-order valence-electron chi connectivity index (χ2n) is 7.98. The van der Waals surface area contributed by atoms with Crippen LogP contribution in [0.1, 0.15) is 31.5 Å². The number of hydrogen-bond acceptors (Lipinski definition) is 8. The predicted octanol–water partition coefficient (Wildman–Crippen LogP) is -0.0979. The molecule has 2 aromatic rings. The molecule has 13 heteroatoms. The van der Waals surface area contributed by atoms with Crippen LogP contribution in [-0.4, -0.2) is 98.2 Å². The summed E-state index contributed by atoms with van der Waals surface area (Å²) in [5.41, 5.74) is 1.21. The van der Waals surface area contributed by atoms with Crippen molar-refractivity contribution in [2.24, 2.45) is 5.92 Å². The van der Waals surface area contributed by atoms with Gasteiger partial charge in [-0.25, -0.2) is 4.98 Å². The monoisotopic (exact) mass is 467 g/mol. The van der Waals surface area contributed by atoms with Gasteiger partial charge in [0.05, 0.1) is 12.2 Å². The smallest absolute Gasteiger partial charge is 0.290 e. The van der Waals surface area contributed by atoms with Crippen molar-refractivity contribution in [3.63, 3.8) is 0 Å². The third-order valence-corrected chi connectivity index (χ3v) is 4.84. The van der Waals surface area contributed by atoms with Gasteiger partial charge in [0.15, 0.2) is 0 Å². The molecule has 2 aromatic heterocycles. The zero-order chi connectivity index (χ0) is 25.0. The summed E-state index contributed by atoms with van der Waals surface area (Å²) in [5.74, 6) is 0.728. The van der Waals surface area contributed by atoms with Crippen LogP contribution in [0.2, 0.25) is 0 Å². The van der Waals surface area contributed by atoms with Crippen LogP contribution in [0.5, 0.6) is 0 Å². The summed E-state index contributed by atoms with van der Waals surface area (Å²) in [6.07, 6.45) is 1.70. The fourth-order valence-corrected chi connectivity index (χ4v) is 3.39. The van der Waals surface area contributed by atoms with Gasteiger partial charge in [-0.1, -0.05) is 13.8 Å². The molecule has 3 heterocycles. The number of carboxylic acid groups (broad SMARTS) is 2. The standard InChI is InChI=1S/C18H29N7O2.2CH2O2/c1-12(2)10-14-13(3)19-18-21-17(22-25(18)16(14)27)20-15(26)11-24-7-5-6-23(4)8-9-24;2*2-1-3/h12H,5-11H2,1-4H3,(H2,19,20,21,22,26);2*1H,(H,2,3). The Morgan fingerprint density at radius 2 is 1.79 bits per heavy atom. The van der Waals surface area contributed by atoms with E-state index in [1.54, 1.807) is 0 Å². The molecular formula is C20H33N7O6. The molecule has 184 valence electrons. The van der Waals surface area contributed by atoms with Crippen LogP contribution in [0.15, 0.2) is 4.79 Å². The largest absolute Gasteiger partial charge is 0.483 e. The Labute approximate surface area is 191 Å². The number of hydrogen-bond donors (Lipinski definition) is 4. The molecule has 1 amide bonds. The zero-order valence-electron chi connectivity index (χ0n) is 19.4. The molecule has 1 aliphatic heterocycles. The number of anilines is 1. The first-order chi connectivity index (χ1) is 15.7. The average molecular weight is 468 g/mol. The molecule has 0 spiro atoms. The lowest BCUT2D eigenvalue weighted by molar-refractivity contribution is -0.123. The maximum absolute atomic E-state index is 12.7. The molecule has 0 aliphatic carbocycles. The minimum Gasteiger partial charge on any atom is -0.483 e. The molecule has 1 saturated heterocycles. The second kappa shape index (κ2) is 14.0. The summed E-state index contributed by atoms with van der Waals surface area (Å²) in [6, 6.07) is 0. The van der Waals surface area contributed by atoms with Gasteiger partial charge in [-0.05, 0) is 45.8 Å². The van der Waals surface area contributed by atoms with Crippen LogP contribution in [-0.2, 0) is 20.8 Å². The van der Waals surface area contributed by atoms with E-state index in [0.717, 1.165) is 32.6 Å². The Hall–Kier alpha value is -3.32. The van der Waals surface area contributed by atoms with E-state index >= 15 is 0 Å². The lowest BCUT2D eigenvalue weighted by Gasteiger charge is -2.18. The van der Waals surface area contributed by atoms with Crippen LogP contribution in [0.4, 0.5) is 5.95 Å². The molecule has 33 heavy (non-hydrogen) atoms. The van der Waals surface area contributed by atoms with Crippen molar-refractivity contribution in [1.82, 2.24) is 29.4 Å². The molecule has 0 unspecified atom stereocenters. The molecule has 1 aliphatic rings. The number of likely N-dealkylation sites (N-methyl/N-ethyl adjacent to an activating group) is 1. The summed E-state index contributed by atoms with van der Waals surface area (Å²) in [4.78, 5) is 54.9.